The Morgan fingerprint density at radius 1 is 1.00 bits per heavy atom. The minimum absolute atomic E-state index is 0.544. The number of nitrogens with one attached hydrogen (secondary N) is 1. The van der Waals surface area contributed by atoms with Gasteiger partial charge in [0.2, 0.25) is 0 Å². The van der Waals surface area contributed by atoms with E-state index in [-0.39, 0.29) is 0 Å². The molecule has 4 heteroatoms. The zero-order valence-electron chi connectivity index (χ0n) is 7.94. The van der Waals surface area contributed by atoms with E-state index in [1.54, 1.807) is 6.92 Å². The van der Waals surface area contributed by atoms with E-state index in [1.807, 2.05) is 13.8 Å². The monoisotopic (exact) mass is 170 g/mol. The van der Waals surface area contributed by atoms with Crippen LogP contribution in [-0.2, 0) is 0 Å². The summed E-state index contributed by atoms with van der Waals surface area (Å²) in [5.41, 5.74) is 19.6. The van der Waals surface area contributed by atoms with E-state index in [0.29, 0.717) is 17.9 Å². The molecule has 0 amide bonds. The van der Waals surface area contributed by atoms with Gasteiger partial charge in [-0.2, -0.15) is 0 Å². The normalized spacial score (nSPS) is 14.9. The number of allylic oxidation sites excluding steroid dienone is 3. The Labute approximate surface area is 73.5 Å². The molecule has 0 unspecified atom stereocenters. The van der Waals surface area contributed by atoms with Crippen molar-refractivity contribution in [2.45, 2.75) is 20.8 Å². The molecule has 0 aromatic heterocycles. The third kappa shape index (κ3) is 3.75. The van der Waals surface area contributed by atoms with Gasteiger partial charge in [-0.1, -0.05) is 0 Å². The van der Waals surface area contributed by atoms with Crippen LogP contribution in [0.15, 0.2) is 22.8 Å². The van der Waals surface area contributed by atoms with Crippen molar-refractivity contribution in [3.63, 3.8) is 0 Å². The molecule has 0 aliphatic rings. The first-order valence-electron chi connectivity index (χ1n) is 3.82. The number of rotatable bonds is 3. The number of hydrogen-bond acceptors (Lipinski definition) is 4. The van der Waals surface area contributed by atoms with Crippen LogP contribution in [0, 0.1) is 0 Å². The van der Waals surface area contributed by atoms with Crippen LogP contribution in [0.3, 0.4) is 0 Å². The van der Waals surface area contributed by atoms with E-state index >= 15 is 0 Å². The average molecular weight is 170 g/mol. The highest BCUT2D eigenvalue weighted by molar-refractivity contribution is 5.10. The summed E-state index contributed by atoms with van der Waals surface area (Å²) in [6, 6.07) is 0. The van der Waals surface area contributed by atoms with Crippen molar-refractivity contribution in [2.24, 2.45) is 17.2 Å². The van der Waals surface area contributed by atoms with E-state index in [9.17, 15) is 0 Å². The van der Waals surface area contributed by atoms with Gasteiger partial charge in [0.15, 0.2) is 0 Å². The van der Waals surface area contributed by atoms with Crippen molar-refractivity contribution in [1.29, 1.82) is 0 Å². The van der Waals surface area contributed by atoms with Crippen molar-refractivity contribution in [3.8, 4) is 0 Å². The van der Waals surface area contributed by atoms with Gasteiger partial charge in [0, 0.05) is 22.8 Å². The van der Waals surface area contributed by atoms with Gasteiger partial charge in [-0.3, -0.25) is 0 Å². The molecular weight excluding hydrogens is 152 g/mol. The van der Waals surface area contributed by atoms with E-state index in [4.69, 9.17) is 17.2 Å². The van der Waals surface area contributed by atoms with E-state index in [2.05, 4.69) is 5.32 Å². The molecule has 0 aliphatic carbocycles. The fourth-order valence-electron chi connectivity index (χ4n) is 0.507. The van der Waals surface area contributed by atoms with Gasteiger partial charge < -0.3 is 22.5 Å². The summed E-state index contributed by atoms with van der Waals surface area (Å²) >= 11 is 0. The molecule has 0 aliphatic heterocycles. The highest BCUT2D eigenvalue weighted by Crippen LogP contribution is 1.93. The lowest BCUT2D eigenvalue weighted by Crippen LogP contribution is -2.23. The molecule has 0 bridgehead atoms. The highest BCUT2D eigenvalue weighted by Gasteiger charge is 1.95. The second-order valence-electron chi connectivity index (χ2n) is 2.87. The van der Waals surface area contributed by atoms with Crippen LogP contribution in [-0.4, -0.2) is 6.54 Å². The van der Waals surface area contributed by atoms with Gasteiger partial charge >= 0.3 is 0 Å². The molecule has 0 saturated carbocycles. The van der Waals surface area contributed by atoms with Crippen LogP contribution in [0.4, 0.5) is 0 Å². The summed E-state index contributed by atoms with van der Waals surface area (Å²) in [6.45, 7) is 6.04. The lowest BCUT2D eigenvalue weighted by molar-refractivity contribution is 0.830. The first kappa shape index (κ1) is 10.7. The summed E-state index contributed by atoms with van der Waals surface area (Å²) in [5, 5.41) is 3.05. The SMILES string of the molecule is C/C(N)=C(\C)NC/C(N)=C(/C)N. The van der Waals surface area contributed by atoms with Crippen molar-refractivity contribution >= 4 is 0 Å². The van der Waals surface area contributed by atoms with Crippen molar-refractivity contribution in [1.82, 2.24) is 5.32 Å². The van der Waals surface area contributed by atoms with Gasteiger partial charge in [0.1, 0.15) is 0 Å². The molecule has 0 rings (SSSR count). The Kier molecular flexibility index (Phi) is 4.04. The fourth-order valence-corrected chi connectivity index (χ4v) is 0.507. The van der Waals surface area contributed by atoms with Crippen LogP contribution < -0.4 is 22.5 Å². The van der Waals surface area contributed by atoms with Gasteiger partial charge in [-0.05, 0) is 20.8 Å². The predicted octanol–water partition coefficient (Wildman–Crippen LogP) is -0.0650. The third-order valence-electron chi connectivity index (χ3n) is 1.64. The topological polar surface area (TPSA) is 90.1 Å². The summed E-state index contributed by atoms with van der Waals surface area (Å²) in [7, 11) is 0. The molecule has 0 aromatic carbocycles. The molecular formula is C8H18N4. The Bertz CT molecular complexity index is 183. The molecule has 0 heterocycles. The Balaban J connectivity index is 4.03. The quantitative estimate of drug-likeness (QED) is 0.477. The minimum Gasteiger partial charge on any atom is -0.401 e. The lowest BCUT2D eigenvalue weighted by atomic mass is 10.3. The molecule has 0 fully saturated rings. The number of hydrogen-bond donors (Lipinski definition) is 4. The molecule has 0 aromatic rings. The lowest BCUT2D eigenvalue weighted by Gasteiger charge is -2.09. The largest absolute Gasteiger partial charge is 0.401 e. The number of nitrogens with two attached hydrogens (primary N) is 3. The van der Waals surface area contributed by atoms with Gasteiger partial charge in [-0.15, -0.1) is 0 Å². The maximum Gasteiger partial charge on any atom is 0.0560 e. The maximum atomic E-state index is 5.59. The Morgan fingerprint density at radius 2 is 1.50 bits per heavy atom. The molecule has 0 radical (unpaired) electrons. The zero-order chi connectivity index (χ0) is 9.72. The molecule has 4 nitrogen and oxygen atoms in total. The van der Waals surface area contributed by atoms with Crippen LogP contribution in [0.1, 0.15) is 20.8 Å². The molecule has 0 atom stereocenters. The second kappa shape index (κ2) is 4.54. The van der Waals surface area contributed by atoms with Crippen molar-refractivity contribution in [2.75, 3.05) is 6.54 Å². The Hall–Kier alpha value is -1.32. The smallest absolute Gasteiger partial charge is 0.0560 e. The summed E-state index contributed by atoms with van der Waals surface area (Å²) < 4.78 is 0. The van der Waals surface area contributed by atoms with Gasteiger partial charge in [0.25, 0.3) is 0 Å². The second-order valence-corrected chi connectivity index (χ2v) is 2.87. The first-order chi connectivity index (χ1) is 5.45. The van der Waals surface area contributed by atoms with Gasteiger partial charge in [-0.25, -0.2) is 0 Å². The van der Waals surface area contributed by atoms with Crippen LogP contribution in [0.2, 0.25) is 0 Å². The van der Waals surface area contributed by atoms with Crippen molar-refractivity contribution < 1.29 is 0 Å². The first-order valence-corrected chi connectivity index (χ1v) is 3.82. The van der Waals surface area contributed by atoms with Crippen LogP contribution in [0.5, 0.6) is 0 Å². The standard InChI is InChI=1S/C8H18N4/c1-5(9)7(3)12-4-8(11)6(2)10/h12H,4,9-11H2,1-3H3/b7-5-,8-6+. The van der Waals surface area contributed by atoms with Crippen LogP contribution >= 0.6 is 0 Å². The predicted molar refractivity (Wildman–Crippen MR) is 51.6 cm³/mol. The third-order valence-corrected chi connectivity index (χ3v) is 1.64. The summed E-state index contributed by atoms with van der Waals surface area (Å²) in [6.07, 6.45) is 0. The van der Waals surface area contributed by atoms with Crippen molar-refractivity contribution in [3.05, 3.63) is 22.8 Å². The molecule has 12 heavy (non-hydrogen) atoms. The van der Waals surface area contributed by atoms with E-state index in [0.717, 1.165) is 11.4 Å². The molecule has 7 N–H and O–H groups in total. The zero-order valence-corrected chi connectivity index (χ0v) is 7.94. The fraction of sp³-hybridized carbons (Fsp3) is 0.500. The van der Waals surface area contributed by atoms with E-state index < -0.39 is 0 Å². The van der Waals surface area contributed by atoms with Gasteiger partial charge in [0.05, 0.1) is 6.54 Å². The summed E-state index contributed by atoms with van der Waals surface area (Å²) in [5.74, 6) is 0. The minimum atomic E-state index is 0.544. The summed E-state index contributed by atoms with van der Waals surface area (Å²) in [4.78, 5) is 0. The molecule has 0 spiro atoms. The maximum absolute atomic E-state index is 5.59. The molecule has 70 valence electrons. The van der Waals surface area contributed by atoms with E-state index in [1.165, 1.54) is 0 Å². The Morgan fingerprint density at radius 3 is 1.83 bits per heavy atom. The van der Waals surface area contributed by atoms with Crippen LogP contribution in [0.25, 0.3) is 0 Å². The molecule has 0 saturated heterocycles. The highest BCUT2D eigenvalue weighted by atomic mass is 14.9. The average Bonchev–Trinajstić information content (AvgIpc) is 1.98.